The number of carbonyl (C=O) groups excluding carboxylic acids is 1. The largest absolute Gasteiger partial charge is 0.466 e. The van der Waals surface area contributed by atoms with Crippen LogP contribution in [0.15, 0.2) is 24.3 Å². The normalized spacial score (nSPS) is 12.6. The highest BCUT2D eigenvalue weighted by molar-refractivity contribution is 5.69. The Balaban J connectivity index is 3.27. The minimum Gasteiger partial charge on any atom is -0.466 e. The summed E-state index contributed by atoms with van der Waals surface area (Å²) in [6.45, 7) is 5.03. The second-order valence-corrected chi connectivity index (χ2v) is 11.8. The number of allylic oxidation sites excluding steroid dienone is 4. The van der Waals surface area contributed by atoms with Gasteiger partial charge in [0.05, 0.1) is 6.61 Å². The van der Waals surface area contributed by atoms with Gasteiger partial charge in [0.25, 0.3) is 0 Å². The maximum absolute atomic E-state index is 11.6. The van der Waals surface area contributed by atoms with Crippen LogP contribution >= 0.6 is 0 Å². The highest BCUT2D eigenvalue weighted by Gasteiger charge is 2.04. The van der Waals surface area contributed by atoms with Crippen LogP contribution in [-0.4, -0.2) is 18.6 Å². The SMILES string of the molecule is CCCCC/C=C\C/C=C\CCCCCCCCC(N)CCCCCCCCCCCC(=O)OCCCCC. The Morgan fingerprint density at radius 3 is 1.54 bits per heavy atom. The Morgan fingerprint density at radius 1 is 0.564 bits per heavy atom. The molecular formula is C36H69NO2. The van der Waals surface area contributed by atoms with Crippen molar-refractivity contribution in [2.24, 2.45) is 5.73 Å². The van der Waals surface area contributed by atoms with E-state index in [9.17, 15) is 4.79 Å². The molecule has 0 aromatic heterocycles. The van der Waals surface area contributed by atoms with Crippen molar-refractivity contribution < 1.29 is 9.53 Å². The zero-order valence-corrected chi connectivity index (χ0v) is 26.6. The van der Waals surface area contributed by atoms with Crippen molar-refractivity contribution in [2.45, 2.75) is 193 Å². The lowest BCUT2D eigenvalue weighted by atomic mass is 10.0. The minimum absolute atomic E-state index is 0.00433. The first-order chi connectivity index (χ1) is 19.2. The Bertz CT molecular complexity index is 542. The molecule has 2 N–H and O–H groups in total. The van der Waals surface area contributed by atoms with E-state index in [4.69, 9.17) is 10.5 Å². The van der Waals surface area contributed by atoms with Crippen molar-refractivity contribution in [3.8, 4) is 0 Å². The molecule has 1 atom stereocenters. The fourth-order valence-electron chi connectivity index (χ4n) is 5.06. The third-order valence-electron chi connectivity index (χ3n) is 7.74. The Morgan fingerprint density at radius 2 is 1.00 bits per heavy atom. The molecule has 0 bridgehead atoms. The van der Waals surface area contributed by atoms with Crippen LogP contribution in [0.25, 0.3) is 0 Å². The van der Waals surface area contributed by atoms with Crippen molar-refractivity contribution in [3.63, 3.8) is 0 Å². The van der Waals surface area contributed by atoms with E-state index in [0.29, 0.717) is 19.1 Å². The first-order valence-electron chi connectivity index (χ1n) is 17.4. The van der Waals surface area contributed by atoms with E-state index in [1.807, 2.05) is 0 Å². The topological polar surface area (TPSA) is 52.3 Å². The second-order valence-electron chi connectivity index (χ2n) is 11.8. The molecule has 1 unspecified atom stereocenters. The first kappa shape index (κ1) is 37.9. The smallest absolute Gasteiger partial charge is 0.305 e. The standard InChI is InChI=1S/C36H69NO2/c1-3-5-7-8-9-10-11-12-13-14-15-16-18-21-24-27-31-35(37)32-28-25-22-19-17-20-23-26-29-33-36(38)39-34-30-6-4-2/h9-10,12-13,35H,3-8,11,14-34,37H2,1-2H3/b10-9-,13-12-. The number of hydrogen-bond acceptors (Lipinski definition) is 3. The molecule has 230 valence electrons. The molecule has 3 heteroatoms. The molecule has 0 spiro atoms. The van der Waals surface area contributed by atoms with Gasteiger partial charge in [-0.05, 0) is 57.8 Å². The van der Waals surface area contributed by atoms with Crippen LogP contribution in [0.4, 0.5) is 0 Å². The summed E-state index contributed by atoms with van der Waals surface area (Å²) in [5.74, 6) is -0.00433. The lowest BCUT2D eigenvalue weighted by molar-refractivity contribution is -0.143. The summed E-state index contributed by atoms with van der Waals surface area (Å²) >= 11 is 0. The van der Waals surface area contributed by atoms with Crippen LogP contribution < -0.4 is 5.73 Å². The molecule has 0 saturated carbocycles. The summed E-state index contributed by atoms with van der Waals surface area (Å²) in [5.41, 5.74) is 6.36. The van der Waals surface area contributed by atoms with Gasteiger partial charge in [-0.15, -0.1) is 0 Å². The van der Waals surface area contributed by atoms with Crippen LogP contribution in [-0.2, 0) is 9.53 Å². The molecule has 0 rings (SSSR count). The average Bonchev–Trinajstić information content (AvgIpc) is 2.93. The van der Waals surface area contributed by atoms with E-state index in [2.05, 4.69) is 38.2 Å². The van der Waals surface area contributed by atoms with E-state index in [1.54, 1.807) is 0 Å². The van der Waals surface area contributed by atoms with Gasteiger partial charge in [-0.2, -0.15) is 0 Å². The summed E-state index contributed by atoms with van der Waals surface area (Å²) in [7, 11) is 0. The predicted molar refractivity (Wildman–Crippen MR) is 173 cm³/mol. The predicted octanol–water partition coefficient (Wildman–Crippen LogP) is 11.5. The average molecular weight is 548 g/mol. The van der Waals surface area contributed by atoms with Crippen molar-refractivity contribution >= 4 is 5.97 Å². The Labute approximate surface area is 245 Å². The summed E-state index contributed by atoms with van der Waals surface area (Å²) in [6, 6.07) is 0.411. The van der Waals surface area contributed by atoms with Gasteiger partial charge < -0.3 is 10.5 Å². The molecule has 0 aromatic rings. The van der Waals surface area contributed by atoms with E-state index in [0.717, 1.165) is 32.1 Å². The highest BCUT2D eigenvalue weighted by Crippen LogP contribution is 2.15. The van der Waals surface area contributed by atoms with Crippen molar-refractivity contribution in [3.05, 3.63) is 24.3 Å². The van der Waals surface area contributed by atoms with Gasteiger partial charge in [0.15, 0.2) is 0 Å². The van der Waals surface area contributed by atoms with Crippen LogP contribution in [0.1, 0.15) is 187 Å². The second kappa shape index (κ2) is 33.1. The molecule has 0 heterocycles. The van der Waals surface area contributed by atoms with Crippen LogP contribution in [0.5, 0.6) is 0 Å². The van der Waals surface area contributed by atoms with Crippen LogP contribution in [0, 0.1) is 0 Å². The van der Waals surface area contributed by atoms with Crippen molar-refractivity contribution in [1.82, 2.24) is 0 Å². The molecule has 39 heavy (non-hydrogen) atoms. The minimum atomic E-state index is -0.00433. The Kier molecular flexibility index (Phi) is 32.2. The number of ether oxygens (including phenoxy) is 1. The maximum Gasteiger partial charge on any atom is 0.305 e. The maximum atomic E-state index is 11.6. The van der Waals surface area contributed by atoms with Gasteiger partial charge in [-0.1, -0.05) is 147 Å². The van der Waals surface area contributed by atoms with Crippen LogP contribution in [0.3, 0.4) is 0 Å². The number of carbonyl (C=O) groups is 1. The molecule has 0 aliphatic rings. The lowest BCUT2D eigenvalue weighted by Crippen LogP contribution is -2.19. The lowest BCUT2D eigenvalue weighted by Gasteiger charge is -2.11. The number of hydrogen-bond donors (Lipinski definition) is 1. The van der Waals surface area contributed by atoms with Gasteiger partial charge in [0.1, 0.15) is 0 Å². The van der Waals surface area contributed by atoms with Gasteiger partial charge in [-0.3, -0.25) is 4.79 Å². The third-order valence-corrected chi connectivity index (χ3v) is 7.74. The van der Waals surface area contributed by atoms with E-state index >= 15 is 0 Å². The molecule has 0 aromatic carbocycles. The van der Waals surface area contributed by atoms with Gasteiger partial charge in [0.2, 0.25) is 0 Å². The third kappa shape index (κ3) is 33.0. The molecule has 0 aliphatic carbocycles. The number of nitrogens with two attached hydrogens (primary N) is 1. The van der Waals surface area contributed by atoms with Gasteiger partial charge in [-0.25, -0.2) is 0 Å². The molecule has 0 fully saturated rings. The van der Waals surface area contributed by atoms with E-state index in [1.165, 1.54) is 135 Å². The molecule has 0 amide bonds. The molecule has 3 nitrogen and oxygen atoms in total. The Hall–Kier alpha value is -1.09. The zero-order valence-electron chi connectivity index (χ0n) is 26.6. The monoisotopic (exact) mass is 548 g/mol. The van der Waals surface area contributed by atoms with Gasteiger partial charge >= 0.3 is 5.97 Å². The quantitative estimate of drug-likeness (QED) is 0.0533. The first-order valence-corrected chi connectivity index (χ1v) is 17.4. The van der Waals surface area contributed by atoms with E-state index < -0.39 is 0 Å². The zero-order chi connectivity index (χ0) is 28.5. The summed E-state index contributed by atoms with van der Waals surface area (Å²) in [6.07, 6.45) is 42.8. The fraction of sp³-hybridized carbons (Fsp3) is 0.861. The van der Waals surface area contributed by atoms with Gasteiger partial charge in [0, 0.05) is 12.5 Å². The number of rotatable bonds is 31. The van der Waals surface area contributed by atoms with Crippen molar-refractivity contribution in [2.75, 3.05) is 6.61 Å². The van der Waals surface area contributed by atoms with Crippen LogP contribution in [0.2, 0.25) is 0 Å². The molecule has 0 saturated heterocycles. The number of esters is 1. The molecule has 0 radical (unpaired) electrons. The highest BCUT2D eigenvalue weighted by atomic mass is 16.5. The summed E-state index contributed by atoms with van der Waals surface area (Å²) < 4.78 is 5.26. The number of unbranched alkanes of at least 4 members (excludes halogenated alkanes) is 19. The summed E-state index contributed by atoms with van der Waals surface area (Å²) in [4.78, 5) is 11.6. The molecular weight excluding hydrogens is 478 g/mol. The fourth-order valence-corrected chi connectivity index (χ4v) is 5.06. The summed E-state index contributed by atoms with van der Waals surface area (Å²) in [5, 5.41) is 0. The molecule has 0 aliphatic heterocycles. The van der Waals surface area contributed by atoms with E-state index in [-0.39, 0.29) is 5.97 Å². The van der Waals surface area contributed by atoms with Crippen molar-refractivity contribution in [1.29, 1.82) is 0 Å².